The number of aromatic nitrogens is 2. The number of fused-ring (bicyclic) bond motifs is 1. The molecule has 8 nitrogen and oxygen atoms in total. The number of thioether (sulfide) groups is 1. The van der Waals surface area contributed by atoms with Gasteiger partial charge in [-0.1, -0.05) is 30.0 Å². The standard InChI is InChI=1S/C21H24N4O4S2/c1-13-11-23(12-14(2)29-13)18-15(19(26)24-7-5-4-6-17(24)22-18)10-16-20(27)25(8-9-28-3)21(30)31-16/h4-7,10,13-14H,8-9,11-12H2,1-3H3. The van der Waals surface area contributed by atoms with E-state index in [9.17, 15) is 9.59 Å². The second-order valence-corrected chi connectivity index (χ2v) is 9.25. The van der Waals surface area contributed by atoms with Gasteiger partial charge in [-0.25, -0.2) is 4.98 Å². The van der Waals surface area contributed by atoms with Crippen LogP contribution in [0.1, 0.15) is 19.4 Å². The minimum Gasteiger partial charge on any atom is -0.383 e. The Morgan fingerprint density at radius 2 is 2.03 bits per heavy atom. The highest BCUT2D eigenvalue weighted by Gasteiger charge is 2.33. The lowest BCUT2D eigenvalue weighted by atomic mass is 10.2. The number of nitrogens with zero attached hydrogens (tertiary/aromatic N) is 4. The minimum atomic E-state index is -0.227. The molecule has 0 aromatic carbocycles. The summed E-state index contributed by atoms with van der Waals surface area (Å²) in [6.07, 6.45) is 3.31. The SMILES string of the molecule is COCCN1C(=O)C(=Cc2c(N3CC(C)OC(C)C3)nc3ccccn3c2=O)SC1=S. The number of pyridine rings is 1. The molecule has 2 unspecified atom stereocenters. The molecule has 2 aromatic rings. The predicted octanol–water partition coefficient (Wildman–Crippen LogP) is 2.16. The molecule has 164 valence electrons. The zero-order chi connectivity index (χ0) is 22.1. The van der Waals surface area contributed by atoms with Crippen LogP contribution in [0.3, 0.4) is 0 Å². The number of hydrogen-bond donors (Lipinski definition) is 0. The molecule has 2 aliphatic rings. The summed E-state index contributed by atoms with van der Waals surface area (Å²) in [5.41, 5.74) is 0.700. The first-order chi connectivity index (χ1) is 14.9. The first kappa shape index (κ1) is 21.9. The quantitative estimate of drug-likeness (QED) is 0.496. The van der Waals surface area contributed by atoms with Crippen LogP contribution in [0.5, 0.6) is 0 Å². The number of rotatable bonds is 5. The number of amides is 1. The van der Waals surface area contributed by atoms with E-state index >= 15 is 0 Å². The summed E-state index contributed by atoms with van der Waals surface area (Å²) in [6.45, 7) is 5.96. The molecule has 4 heterocycles. The average molecular weight is 461 g/mol. The minimum absolute atomic E-state index is 0.000112. The van der Waals surface area contributed by atoms with E-state index in [2.05, 4.69) is 4.90 Å². The lowest BCUT2D eigenvalue weighted by Crippen LogP contribution is -2.46. The van der Waals surface area contributed by atoms with Crippen molar-refractivity contribution in [3.8, 4) is 0 Å². The highest BCUT2D eigenvalue weighted by Crippen LogP contribution is 2.33. The molecular formula is C21H24N4O4S2. The van der Waals surface area contributed by atoms with Crippen molar-refractivity contribution in [1.82, 2.24) is 14.3 Å². The maximum absolute atomic E-state index is 13.4. The van der Waals surface area contributed by atoms with Crippen LogP contribution >= 0.6 is 24.0 Å². The number of morpholine rings is 1. The highest BCUT2D eigenvalue weighted by molar-refractivity contribution is 8.26. The summed E-state index contributed by atoms with van der Waals surface area (Å²) in [4.78, 5) is 35.1. The summed E-state index contributed by atoms with van der Waals surface area (Å²) < 4.78 is 12.9. The number of thiocarbonyl (C=S) groups is 1. The molecule has 0 bridgehead atoms. The van der Waals surface area contributed by atoms with E-state index in [4.69, 9.17) is 26.7 Å². The molecule has 2 saturated heterocycles. The van der Waals surface area contributed by atoms with Crippen molar-refractivity contribution in [3.05, 3.63) is 45.2 Å². The van der Waals surface area contributed by atoms with Gasteiger partial charge in [0, 0.05) is 26.4 Å². The van der Waals surface area contributed by atoms with Gasteiger partial charge in [0.05, 0.1) is 35.8 Å². The van der Waals surface area contributed by atoms with Crippen LogP contribution in [0, 0.1) is 0 Å². The van der Waals surface area contributed by atoms with Gasteiger partial charge in [-0.2, -0.15) is 0 Å². The maximum atomic E-state index is 13.4. The Bertz CT molecular complexity index is 1110. The Morgan fingerprint density at radius 1 is 1.29 bits per heavy atom. The fourth-order valence-electron chi connectivity index (χ4n) is 3.82. The number of methoxy groups -OCH3 is 1. The van der Waals surface area contributed by atoms with Crippen molar-refractivity contribution in [2.24, 2.45) is 0 Å². The van der Waals surface area contributed by atoms with Crippen molar-refractivity contribution in [1.29, 1.82) is 0 Å². The van der Waals surface area contributed by atoms with Gasteiger partial charge in [0.25, 0.3) is 11.5 Å². The van der Waals surface area contributed by atoms with Crippen LogP contribution in [0.2, 0.25) is 0 Å². The number of ether oxygens (including phenoxy) is 2. The molecule has 2 atom stereocenters. The zero-order valence-electron chi connectivity index (χ0n) is 17.6. The summed E-state index contributed by atoms with van der Waals surface area (Å²) in [6, 6.07) is 5.42. The van der Waals surface area contributed by atoms with Gasteiger partial charge in [0.15, 0.2) is 0 Å². The monoisotopic (exact) mass is 460 g/mol. The van der Waals surface area contributed by atoms with Gasteiger partial charge in [-0.3, -0.25) is 18.9 Å². The molecule has 0 radical (unpaired) electrons. The van der Waals surface area contributed by atoms with Gasteiger partial charge < -0.3 is 14.4 Å². The lowest BCUT2D eigenvalue weighted by molar-refractivity contribution is -0.122. The fraction of sp³-hybridized carbons (Fsp3) is 0.429. The fourth-order valence-corrected chi connectivity index (χ4v) is 5.11. The zero-order valence-corrected chi connectivity index (χ0v) is 19.2. The van der Waals surface area contributed by atoms with Crippen molar-refractivity contribution < 1.29 is 14.3 Å². The number of anilines is 1. The van der Waals surface area contributed by atoms with Gasteiger partial charge in [-0.05, 0) is 32.1 Å². The van der Waals surface area contributed by atoms with Gasteiger partial charge >= 0.3 is 0 Å². The van der Waals surface area contributed by atoms with Crippen LogP contribution in [0.4, 0.5) is 5.82 Å². The first-order valence-corrected chi connectivity index (χ1v) is 11.3. The predicted molar refractivity (Wildman–Crippen MR) is 125 cm³/mol. The molecule has 2 fully saturated rings. The molecule has 0 spiro atoms. The van der Waals surface area contributed by atoms with Crippen molar-refractivity contribution in [2.75, 3.05) is 38.3 Å². The Kier molecular flexibility index (Phi) is 6.42. The van der Waals surface area contributed by atoms with E-state index in [1.54, 1.807) is 31.5 Å². The average Bonchev–Trinajstić information content (AvgIpc) is 3.00. The Hall–Kier alpha value is -2.27. The lowest BCUT2D eigenvalue weighted by Gasteiger charge is -2.36. The van der Waals surface area contributed by atoms with E-state index in [0.29, 0.717) is 52.5 Å². The van der Waals surface area contributed by atoms with Crippen molar-refractivity contribution in [2.45, 2.75) is 26.1 Å². The Balaban J connectivity index is 1.82. The van der Waals surface area contributed by atoms with Crippen LogP contribution < -0.4 is 10.5 Å². The van der Waals surface area contributed by atoms with E-state index in [1.165, 1.54) is 21.1 Å². The van der Waals surface area contributed by atoms with E-state index < -0.39 is 0 Å². The normalized spacial score (nSPS) is 23.4. The molecular weight excluding hydrogens is 436 g/mol. The Labute approximate surface area is 189 Å². The third kappa shape index (κ3) is 4.38. The molecule has 10 heteroatoms. The number of carbonyl (C=O) groups excluding carboxylic acids is 1. The highest BCUT2D eigenvalue weighted by atomic mass is 32.2. The first-order valence-electron chi connectivity index (χ1n) is 10.0. The molecule has 31 heavy (non-hydrogen) atoms. The molecule has 4 rings (SSSR count). The second-order valence-electron chi connectivity index (χ2n) is 7.57. The largest absolute Gasteiger partial charge is 0.383 e. The second kappa shape index (κ2) is 9.07. The third-order valence-electron chi connectivity index (χ3n) is 5.14. The smallest absolute Gasteiger partial charge is 0.267 e. The van der Waals surface area contributed by atoms with E-state index in [1.807, 2.05) is 19.9 Å². The molecule has 2 aliphatic heterocycles. The number of carbonyl (C=O) groups is 1. The van der Waals surface area contributed by atoms with Gasteiger partial charge in [0.2, 0.25) is 0 Å². The van der Waals surface area contributed by atoms with Gasteiger partial charge in [-0.15, -0.1) is 0 Å². The molecule has 1 amide bonds. The van der Waals surface area contributed by atoms with Crippen molar-refractivity contribution in [3.63, 3.8) is 0 Å². The maximum Gasteiger partial charge on any atom is 0.267 e. The van der Waals surface area contributed by atoms with Crippen LogP contribution in [-0.2, 0) is 14.3 Å². The summed E-state index contributed by atoms with van der Waals surface area (Å²) in [5.74, 6) is 0.333. The van der Waals surface area contributed by atoms with Gasteiger partial charge in [0.1, 0.15) is 15.8 Å². The molecule has 0 saturated carbocycles. The van der Waals surface area contributed by atoms with E-state index in [-0.39, 0.29) is 23.7 Å². The summed E-state index contributed by atoms with van der Waals surface area (Å²) >= 11 is 6.56. The van der Waals surface area contributed by atoms with Crippen LogP contribution in [-0.4, -0.2) is 70.1 Å². The molecule has 2 aromatic heterocycles. The van der Waals surface area contributed by atoms with Crippen LogP contribution in [0.15, 0.2) is 34.1 Å². The molecule has 0 N–H and O–H groups in total. The van der Waals surface area contributed by atoms with E-state index in [0.717, 1.165) is 0 Å². The van der Waals surface area contributed by atoms with Crippen molar-refractivity contribution >= 4 is 51.7 Å². The summed E-state index contributed by atoms with van der Waals surface area (Å²) in [5, 5.41) is 0. The summed E-state index contributed by atoms with van der Waals surface area (Å²) in [7, 11) is 1.58. The van der Waals surface area contributed by atoms with Crippen LogP contribution in [0.25, 0.3) is 11.7 Å². The number of hydrogen-bond acceptors (Lipinski definition) is 8. The topological polar surface area (TPSA) is 76.4 Å². The third-order valence-corrected chi connectivity index (χ3v) is 6.51. The molecule has 0 aliphatic carbocycles. The Morgan fingerprint density at radius 3 is 2.74 bits per heavy atom.